The van der Waals surface area contributed by atoms with Crippen LogP contribution >= 0.6 is 15.9 Å². The molecule has 116 valence electrons. The van der Waals surface area contributed by atoms with Crippen LogP contribution in [0.1, 0.15) is 30.6 Å². The van der Waals surface area contributed by atoms with Crippen molar-refractivity contribution in [2.45, 2.75) is 25.2 Å². The lowest BCUT2D eigenvalue weighted by atomic mass is 10.1. The normalized spacial score (nSPS) is 20.1. The molecule has 8 heteroatoms. The fourth-order valence-electron chi connectivity index (χ4n) is 2.17. The van der Waals surface area contributed by atoms with Gasteiger partial charge in [-0.3, -0.25) is 4.79 Å². The average molecular weight is 379 g/mol. The van der Waals surface area contributed by atoms with Crippen molar-refractivity contribution in [1.29, 1.82) is 0 Å². The molecule has 1 atom stereocenters. The molecule has 1 unspecified atom stereocenters. The number of hydrogen-bond acceptors (Lipinski definition) is 3. The van der Waals surface area contributed by atoms with Crippen molar-refractivity contribution < 1.29 is 17.6 Å². The van der Waals surface area contributed by atoms with Gasteiger partial charge < -0.3 is 5.32 Å². The second kappa shape index (κ2) is 5.33. The quantitative estimate of drug-likeness (QED) is 0.839. The van der Waals surface area contributed by atoms with Crippen LogP contribution < -0.4 is 10.5 Å². The minimum Gasteiger partial charge on any atom is -0.352 e. The van der Waals surface area contributed by atoms with E-state index in [-0.39, 0.29) is 15.5 Å². The van der Waals surface area contributed by atoms with Crippen LogP contribution in [-0.4, -0.2) is 20.9 Å². The smallest absolute Gasteiger partial charge is 0.254 e. The third-order valence-corrected chi connectivity index (χ3v) is 5.15. The van der Waals surface area contributed by atoms with Gasteiger partial charge in [0.2, 0.25) is 10.0 Å². The van der Waals surface area contributed by atoms with Crippen LogP contribution in [0.3, 0.4) is 0 Å². The molecule has 1 amide bonds. The van der Waals surface area contributed by atoms with Gasteiger partial charge in [0, 0.05) is 11.0 Å². The first kappa shape index (κ1) is 16.4. The van der Waals surface area contributed by atoms with Crippen molar-refractivity contribution in [2.75, 3.05) is 6.54 Å². The van der Waals surface area contributed by atoms with Crippen LogP contribution in [-0.2, 0) is 10.0 Å². The van der Waals surface area contributed by atoms with Crippen LogP contribution in [0.2, 0.25) is 0 Å². The number of hydrogen-bond donors (Lipinski definition) is 2. The fourth-order valence-corrected chi connectivity index (χ4v) is 3.43. The summed E-state index contributed by atoms with van der Waals surface area (Å²) >= 11 is 3.05. The van der Waals surface area contributed by atoms with Gasteiger partial charge in [0.1, 0.15) is 4.90 Å². The van der Waals surface area contributed by atoms with Crippen LogP contribution in [0.5, 0.6) is 0 Å². The van der Waals surface area contributed by atoms with Crippen molar-refractivity contribution in [3.8, 4) is 0 Å². The van der Waals surface area contributed by atoms with E-state index in [1.165, 1.54) is 6.07 Å². The number of benzene rings is 1. The zero-order chi connectivity index (χ0) is 16.0. The first-order valence-corrected chi connectivity index (χ1v) is 8.66. The lowest BCUT2D eigenvalue weighted by molar-refractivity contribution is 0.0946. The highest BCUT2D eigenvalue weighted by molar-refractivity contribution is 9.10. The summed E-state index contributed by atoms with van der Waals surface area (Å²) in [6.45, 7) is 4.60. The predicted octanol–water partition coefficient (Wildman–Crippen LogP) is 2.01. The van der Waals surface area contributed by atoms with Crippen molar-refractivity contribution in [3.63, 3.8) is 0 Å². The van der Waals surface area contributed by atoms with Crippen molar-refractivity contribution in [1.82, 2.24) is 5.32 Å². The van der Waals surface area contributed by atoms with Crippen molar-refractivity contribution in [3.05, 3.63) is 28.0 Å². The first-order chi connectivity index (χ1) is 9.52. The second-order valence-corrected chi connectivity index (χ2v) is 8.36. The summed E-state index contributed by atoms with van der Waals surface area (Å²) in [4.78, 5) is 11.3. The van der Waals surface area contributed by atoms with Crippen molar-refractivity contribution >= 4 is 31.9 Å². The van der Waals surface area contributed by atoms with Gasteiger partial charge in [-0.2, -0.15) is 0 Å². The molecule has 0 aliphatic heterocycles. The number of halogens is 2. The summed E-state index contributed by atoms with van der Waals surface area (Å²) < 4.78 is 37.1. The molecule has 0 spiro atoms. The van der Waals surface area contributed by atoms with E-state index in [9.17, 15) is 17.6 Å². The van der Waals surface area contributed by atoms with E-state index < -0.39 is 26.6 Å². The average Bonchev–Trinajstić information content (AvgIpc) is 2.95. The van der Waals surface area contributed by atoms with Crippen LogP contribution in [0.25, 0.3) is 0 Å². The molecular formula is C13H16BrFN2O3S. The highest BCUT2D eigenvalue weighted by Crippen LogP contribution is 2.51. The van der Waals surface area contributed by atoms with Gasteiger partial charge in [-0.1, -0.05) is 29.8 Å². The lowest BCUT2D eigenvalue weighted by Gasteiger charge is -2.10. The number of amides is 1. The Labute approximate surface area is 131 Å². The number of carbonyl (C=O) groups excluding carboxylic acids is 1. The Morgan fingerprint density at radius 3 is 2.57 bits per heavy atom. The van der Waals surface area contributed by atoms with E-state index in [0.29, 0.717) is 12.5 Å². The van der Waals surface area contributed by atoms with Crippen LogP contribution in [0.4, 0.5) is 4.39 Å². The molecule has 1 aromatic rings. The molecule has 0 heterocycles. The van der Waals surface area contributed by atoms with E-state index in [0.717, 1.165) is 12.5 Å². The van der Waals surface area contributed by atoms with E-state index in [1.54, 1.807) is 0 Å². The second-order valence-electron chi connectivity index (χ2n) is 5.91. The molecule has 1 aliphatic carbocycles. The third kappa shape index (κ3) is 3.61. The highest BCUT2D eigenvalue weighted by atomic mass is 79.9. The number of nitrogens with two attached hydrogens (primary N) is 1. The molecular weight excluding hydrogens is 363 g/mol. The summed E-state index contributed by atoms with van der Waals surface area (Å²) in [5.74, 6) is -1.43. The molecule has 21 heavy (non-hydrogen) atoms. The van der Waals surface area contributed by atoms with E-state index >= 15 is 0 Å². The fraction of sp³-hybridized carbons (Fsp3) is 0.462. The number of rotatable bonds is 4. The Bertz CT molecular complexity index is 704. The van der Waals surface area contributed by atoms with E-state index in [2.05, 4.69) is 35.1 Å². The Hall–Kier alpha value is -0.990. The maximum absolute atomic E-state index is 14.2. The summed E-state index contributed by atoms with van der Waals surface area (Å²) in [5, 5.41) is 7.57. The zero-order valence-corrected chi connectivity index (χ0v) is 14.0. The third-order valence-electron chi connectivity index (χ3n) is 3.78. The van der Waals surface area contributed by atoms with Gasteiger partial charge in [-0.15, -0.1) is 0 Å². The molecule has 0 aromatic heterocycles. The molecule has 3 N–H and O–H groups in total. The lowest BCUT2D eigenvalue weighted by Crippen LogP contribution is -2.28. The Balaban J connectivity index is 2.23. The number of sulfonamides is 1. The van der Waals surface area contributed by atoms with Crippen LogP contribution in [0, 0.1) is 17.2 Å². The Morgan fingerprint density at radius 1 is 1.52 bits per heavy atom. The first-order valence-electron chi connectivity index (χ1n) is 6.32. The van der Waals surface area contributed by atoms with E-state index in [1.807, 2.05) is 0 Å². The van der Waals surface area contributed by atoms with Crippen molar-refractivity contribution in [2.24, 2.45) is 16.5 Å². The monoisotopic (exact) mass is 378 g/mol. The van der Waals surface area contributed by atoms with E-state index in [4.69, 9.17) is 5.14 Å². The molecule has 1 saturated carbocycles. The van der Waals surface area contributed by atoms with Gasteiger partial charge in [0.15, 0.2) is 5.82 Å². The number of carbonyl (C=O) groups is 1. The highest BCUT2D eigenvalue weighted by Gasteiger charge is 2.45. The summed E-state index contributed by atoms with van der Waals surface area (Å²) in [5.41, 5.74) is -0.152. The SMILES string of the molecule is CC1(C)CC1CNC(=O)c1cc(Br)cc(S(N)(=O)=O)c1F. The molecule has 1 fully saturated rings. The maximum atomic E-state index is 14.2. The Kier molecular flexibility index (Phi) is 4.16. The largest absolute Gasteiger partial charge is 0.352 e. The number of nitrogens with one attached hydrogen (secondary N) is 1. The molecule has 1 aromatic carbocycles. The molecule has 1 aliphatic rings. The van der Waals surface area contributed by atoms with Gasteiger partial charge in [0.05, 0.1) is 5.56 Å². The molecule has 2 rings (SSSR count). The summed E-state index contributed by atoms with van der Waals surface area (Å²) in [6, 6.07) is 2.27. The molecule has 0 bridgehead atoms. The Morgan fingerprint density at radius 2 is 2.10 bits per heavy atom. The minimum absolute atomic E-state index is 0.189. The van der Waals surface area contributed by atoms with Gasteiger partial charge in [-0.05, 0) is 29.9 Å². The molecule has 0 saturated heterocycles. The minimum atomic E-state index is -4.23. The number of primary sulfonamides is 1. The van der Waals surface area contributed by atoms with Gasteiger partial charge >= 0.3 is 0 Å². The van der Waals surface area contributed by atoms with Gasteiger partial charge in [0.25, 0.3) is 5.91 Å². The maximum Gasteiger partial charge on any atom is 0.254 e. The van der Waals surface area contributed by atoms with Gasteiger partial charge in [-0.25, -0.2) is 17.9 Å². The molecule has 5 nitrogen and oxygen atoms in total. The van der Waals surface area contributed by atoms with Crippen LogP contribution in [0.15, 0.2) is 21.5 Å². The standard InChI is InChI=1S/C13H16BrFN2O3S/c1-13(2)5-7(13)6-17-12(18)9-3-8(14)4-10(11(9)15)21(16,19)20/h3-4,7H,5-6H2,1-2H3,(H,17,18)(H2,16,19,20). The predicted molar refractivity (Wildman–Crippen MR) is 79.7 cm³/mol. The topological polar surface area (TPSA) is 89.3 Å². The summed E-state index contributed by atoms with van der Waals surface area (Å²) in [6.07, 6.45) is 0.997. The zero-order valence-electron chi connectivity index (χ0n) is 11.6. The summed E-state index contributed by atoms with van der Waals surface area (Å²) in [7, 11) is -4.23. The molecule has 0 radical (unpaired) electrons.